The number of rotatable bonds is 4. The number of anilines is 1. The van der Waals surface area contributed by atoms with Crippen LogP contribution in [0.15, 0.2) is 23.1 Å². The highest BCUT2D eigenvalue weighted by Crippen LogP contribution is 2.29. The Hall–Kier alpha value is -1.67. The normalized spacial score (nSPS) is 10.7. The third-order valence-electron chi connectivity index (χ3n) is 2.15. The van der Waals surface area contributed by atoms with Crippen molar-refractivity contribution in [3.63, 3.8) is 0 Å². The lowest BCUT2D eigenvalue weighted by Gasteiger charge is -2.17. The van der Waals surface area contributed by atoms with E-state index in [9.17, 15) is 8.42 Å². The Morgan fingerprint density at radius 2 is 2.06 bits per heavy atom. The van der Waals surface area contributed by atoms with Crippen LogP contribution in [0.2, 0.25) is 0 Å². The van der Waals surface area contributed by atoms with Crippen LogP contribution < -0.4 is 9.64 Å². The van der Waals surface area contributed by atoms with E-state index in [2.05, 4.69) is 5.92 Å². The number of ether oxygens (including phenoxy) is 1. The molecule has 0 radical (unpaired) electrons. The Bertz CT molecular complexity index is 541. The van der Waals surface area contributed by atoms with Gasteiger partial charge in [-0.05, 0) is 18.2 Å². The van der Waals surface area contributed by atoms with Gasteiger partial charge < -0.3 is 9.64 Å². The van der Waals surface area contributed by atoms with E-state index < -0.39 is 9.84 Å². The van der Waals surface area contributed by atoms with Crippen LogP contribution in [0, 0.1) is 12.3 Å². The number of nitrogens with zero attached hydrogens (tertiary/aromatic N) is 1. The minimum absolute atomic E-state index is 0.152. The molecule has 92 valence electrons. The number of benzene rings is 1. The average Bonchev–Trinajstić information content (AvgIpc) is 2.24. The maximum Gasteiger partial charge on any atom is 0.175 e. The molecule has 0 amide bonds. The van der Waals surface area contributed by atoms with Crippen molar-refractivity contribution in [3.8, 4) is 18.1 Å². The molecular formula is C12H15NO3S. The minimum Gasteiger partial charge on any atom is -0.479 e. The van der Waals surface area contributed by atoms with Crippen LogP contribution in [0.4, 0.5) is 5.69 Å². The second kappa shape index (κ2) is 5.11. The molecule has 0 aromatic heterocycles. The van der Waals surface area contributed by atoms with Crippen molar-refractivity contribution in [2.45, 2.75) is 4.90 Å². The number of hydrogen-bond acceptors (Lipinski definition) is 4. The molecule has 0 aliphatic carbocycles. The zero-order valence-electron chi connectivity index (χ0n) is 10.1. The van der Waals surface area contributed by atoms with E-state index in [0.29, 0.717) is 11.4 Å². The molecule has 0 aliphatic rings. The molecule has 1 aromatic rings. The standard InChI is InChI=1S/C12H15NO3S/c1-5-8-16-12-7-6-10(17(4,14)15)9-11(12)13(2)3/h1,6-7,9H,8H2,2-4H3. The molecule has 1 rings (SSSR count). The van der Waals surface area contributed by atoms with E-state index in [1.165, 1.54) is 12.3 Å². The van der Waals surface area contributed by atoms with Gasteiger partial charge >= 0.3 is 0 Å². The predicted molar refractivity (Wildman–Crippen MR) is 68.2 cm³/mol. The van der Waals surface area contributed by atoms with Gasteiger partial charge in [-0.1, -0.05) is 5.92 Å². The zero-order chi connectivity index (χ0) is 13.1. The van der Waals surface area contributed by atoms with Crippen LogP contribution in [-0.2, 0) is 9.84 Å². The molecule has 0 N–H and O–H groups in total. The highest BCUT2D eigenvalue weighted by Gasteiger charge is 2.12. The third kappa shape index (κ3) is 3.40. The number of hydrogen-bond donors (Lipinski definition) is 0. The molecule has 1 aromatic carbocycles. The molecule has 0 spiro atoms. The summed E-state index contributed by atoms with van der Waals surface area (Å²) in [6, 6.07) is 4.69. The monoisotopic (exact) mass is 253 g/mol. The lowest BCUT2D eigenvalue weighted by molar-refractivity contribution is 0.371. The molecule has 4 nitrogen and oxygen atoms in total. The van der Waals surface area contributed by atoms with Crippen molar-refractivity contribution in [1.29, 1.82) is 0 Å². The zero-order valence-corrected chi connectivity index (χ0v) is 10.9. The molecule has 17 heavy (non-hydrogen) atoms. The first kappa shape index (κ1) is 13.4. The summed E-state index contributed by atoms with van der Waals surface area (Å²) in [5, 5.41) is 0. The summed E-state index contributed by atoms with van der Waals surface area (Å²) in [6.07, 6.45) is 6.29. The fraction of sp³-hybridized carbons (Fsp3) is 0.333. The van der Waals surface area contributed by atoms with Gasteiger partial charge in [-0.15, -0.1) is 6.42 Å². The lowest BCUT2D eigenvalue weighted by Crippen LogP contribution is -2.12. The first-order valence-electron chi connectivity index (χ1n) is 4.94. The van der Waals surface area contributed by atoms with E-state index in [0.717, 1.165) is 0 Å². The maximum atomic E-state index is 11.4. The molecule has 0 aliphatic heterocycles. The summed E-state index contributed by atoms with van der Waals surface area (Å²) >= 11 is 0. The summed E-state index contributed by atoms with van der Waals surface area (Å²) in [5.74, 6) is 2.94. The minimum atomic E-state index is -3.22. The lowest BCUT2D eigenvalue weighted by atomic mass is 10.3. The number of sulfone groups is 1. The largest absolute Gasteiger partial charge is 0.479 e. The highest BCUT2D eigenvalue weighted by atomic mass is 32.2. The van der Waals surface area contributed by atoms with Gasteiger partial charge in [0, 0.05) is 20.4 Å². The van der Waals surface area contributed by atoms with Crippen LogP contribution in [0.1, 0.15) is 0 Å². The fourth-order valence-electron chi connectivity index (χ4n) is 1.32. The summed E-state index contributed by atoms with van der Waals surface area (Å²) < 4.78 is 28.2. The van der Waals surface area contributed by atoms with Gasteiger partial charge in [0.25, 0.3) is 0 Å². The number of terminal acetylenes is 1. The smallest absolute Gasteiger partial charge is 0.175 e. The van der Waals surface area contributed by atoms with Crippen molar-refractivity contribution in [3.05, 3.63) is 18.2 Å². The molecule has 0 saturated heterocycles. The second-order valence-corrected chi connectivity index (χ2v) is 5.80. The quantitative estimate of drug-likeness (QED) is 0.756. The Kier molecular flexibility index (Phi) is 4.02. The fourth-order valence-corrected chi connectivity index (χ4v) is 1.96. The molecule has 0 unspecified atom stereocenters. The van der Waals surface area contributed by atoms with Crippen LogP contribution >= 0.6 is 0 Å². The van der Waals surface area contributed by atoms with Crippen molar-refractivity contribution in [2.75, 3.05) is 31.9 Å². The third-order valence-corrected chi connectivity index (χ3v) is 3.26. The Labute approximate surface area is 102 Å². The van der Waals surface area contributed by atoms with Crippen LogP contribution in [0.5, 0.6) is 5.75 Å². The van der Waals surface area contributed by atoms with Gasteiger partial charge in [0.1, 0.15) is 12.4 Å². The molecule has 0 saturated carbocycles. The molecular weight excluding hydrogens is 238 g/mol. The Morgan fingerprint density at radius 3 is 2.53 bits per heavy atom. The molecule has 5 heteroatoms. The molecule has 0 fully saturated rings. The molecule has 0 bridgehead atoms. The summed E-state index contributed by atoms with van der Waals surface area (Å²) in [5.41, 5.74) is 0.683. The second-order valence-electron chi connectivity index (χ2n) is 3.79. The van der Waals surface area contributed by atoms with Crippen molar-refractivity contribution < 1.29 is 13.2 Å². The van der Waals surface area contributed by atoms with Crippen LogP contribution in [0.3, 0.4) is 0 Å². The Balaban J connectivity index is 3.23. The molecule has 0 atom stereocenters. The van der Waals surface area contributed by atoms with E-state index >= 15 is 0 Å². The van der Waals surface area contributed by atoms with E-state index in [4.69, 9.17) is 11.2 Å². The van der Waals surface area contributed by atoms with Gasteiger partial charge in [0.2, 0.25) is 0 Å². The van der Waals surface area contributed by atoms with Crippen molar-refractivity contribution in [2.24, 2.45) is 0 Å². The summed E-state index contributed by atoms with van der Waals surface area (Å²) in [4.78, 5) is 2.04. The first-order chi connectivity index (χ1) is 7.86. The predicted octanol–water partition coefficient (Wildman–Crippen LogP) is 1.17. The summed E-state index contributed by atoms with van der Waals surface area (Å²) in [6.45, 7) is 0.152. The van der Waals surface area contributed by atoms with Crippen LogP contribution in [-0.4, -0.2) is 35.4 Å². The van der Waals surface area contributed by atoms with Crippen molar-refractivity contribution in [1.82, 2.24) is 0 Å². The van der Waals surface area contributed by atoms with Gasteiger partial charge in [-0.25, -0.2) is 8.42 Å². The average molecular weight is 253 g/mol. The SMILES string of the molecule is C#CCOc1ccc(S(C)(=O)=O)cc1N(C)C. The van der Waals surface area contributed by atoms with Gasteiger partial charge in [-0.2, -0.15) is 0 Å². The summed E-state index contributed by atoms with van der Waals surface area (Å²) in [7, 11) is 0.401. The van der Waals surface area contributed by atoms with E-state index in [-0.39, 0.29) is 11.5 Å². The van der Waals surface area contributed by atoms with Crippen LogP contribution in [0.25, 0.3) is 0 Å². The highest BCUT2D eigenvalue weighted by molar-refractivity contribution is 7.90. The first-order valence-corrected chi connectivity index (χ1v) is 6.83. The topological polar surface area (TPSA) is 46.6 Å². The van der Waals surface area contributed by atoms with E-state index in [1.54, 1.807) is 17.0 Å². The van der Waals surface area contributed by atoms with Crippen molar-refractivity contribution >= 4 is 15.5 Å². The maximum absolute atomic E-state index is 11.4. The van der Waals surface area contributed by atoms with Gasteiger partial charge in [0.15, 0.2) is 9.84 Å². The van der Waals surface area contributed by atoms with E-state index in [1.807, 2.05) is 14.1 Å². The van der Waals surface area contributed by atoms with Gasteiger partial charge in [-0.3, -0.25) is 0 Å². The van der Waals surface area contributed by atoms with Gasteiger partial charge in [0.05, 0.1) is 10.6 Å². The molecule has 0 heterocycles. The Morgan fingerprint density at radius 1 is 1.41 bits per heavy atom.